The van der Waals surface area contributed by atoms with Crippen LogP contribution in [0.5, 0.6) is 0 Å². The van der Waals surface area contributed by atoms with E-state index in [0.717, 1.165) is 12.1 Å². The van der Waals surface area contributed by atoms with Crippen LogP contribution in [0.1, 0.15) is 168 Å². The lowest BCUT2D eigenvalue weighted by Crippen LogP contribution is -3.13. The highest BCUT2D eigenvalue weighted by atomic mass is 15.1. The molecule has 0 saturated carbocycles. The summed E-state index contributed by atoms with van der Waals surface area (Å²) < 4.78 is 0. The van der Waals surface area contributed by atoms with Crippen LogP contribution < -0.4 is 20.4 Å². The number of unbranched alkanes of at least 4 members (excludes halogenated alkanes) is 17. The molecule has 2 saturated heterocycles. The van der Waals surface area contributed by atoms with Crippen molar-refractivity contribution in [3.05, 3.63) is 0 Å². The molecule has 0 radical (unpaired) electrons. The van der Waals surface area contributed by atoms with Gasteiger partial charge in [-0.25, -0.2) is 0 Å². The minimum Gasteiger partial charge on any atom is -0.335 e. The molecule has 4 N–H and O–H groups in total. The van der Waals surface area contributed by atoms with Crippen LogP contribution in [0.4, 0.5) is 0 Å². The standard InChI is InChI=1S/C36H74N4/c1-3-5-7-9-15-19-27-37-35-23-31-39(32-24-35)29-21-17-13-11-12-14-18-22-30-40-33-25-36(26-34-40)38-28-20-16-10-8-6-4-2/h35-38H,3-34H2,1-2H3/p+2. The van der Waals surface area contributed by atoms with Crippen LogP contribution in [-0.2, 0) is 0 Å². The van der Waals surface area contributed by atoms with Crippen molar-refractivity contribution in [2.45, 2.75) is 180 Å². The SMILES string of the molecule is CCCCCCCCNC1CC[NH+](CCCCCCCCCC[NH+]2CCC(NCCCCCCCC)CC2)CC1. The molecule has 2 heterocycles. The van der Waals surface area contributed by atoms with Gasteiger partial charge in [-0.3, -0.25) is 0 Å². The fraction of sp³-hybridized carbons (Fsp3) is 1.00. The van der Waals surface area contributed by atoms with Gasteiger partial charge in [0.15, 0.2) is 0 Å². The summed E-state index contributed by atoms with van der Waals surface area (Å²) in [6, 6.07) is 1.62. The van der Waals surface area contributed by atoms with Crippen molar-refractivity contribution in [3.63, 3.8) is 0 Å². The summed E-state index contributed by atoms with van der Waals surface area (Å²) in [5, 5.41) is 7.71. The first-order valence-electron chi connectivity index (χ1n) is 19.0. The van der Waals surface area contributed by atoms with Crippen molar-refractivity contribution in [2.75, 3.05) is 52.4 Å². The molecule has 2 fully saturated rings. The van der Waals surface area contributed by atoms with Gasteiger partial charge < -0.3 is 20.4 Å². The second-order valence-corrected chi connectivity index (χ2v) is 13.8. The second-order valence-electron chi connectivity index (χ2n) is 13.8. The van der Waals surface area contributed by atoms with E-state index in [-0.39, 0.29) is 0 Å². The van der Waals surface area contributed by atoms with Crippen LogP contribution in [-0.4, -0.2) is 64.4 Å². The highest BCUT2D eigenvalue weighted by Crippen LogP contribution is 2.09. The van der Waals surface area contributed by atoms with Gasteiger partial charge in [-0.1, -0.05) is 104 Å². The molecule has 0 aromatic heterocycles. The van der Waals surface area contributed by atoms with E-state index in [1.54, 1.807) is 0 Å². The van der Waals surface area contributed by atoms with Crippen molar-refractivity contribution in [3.8, 4) is 0 Å². The average molecular weight is 565 g/mol. The van der Waals surface area contributed by atoms with E-state index >= 15 is 0 Å². The van der Waals surface area contributed by atoms with Gasteiger partial charge in [0.2, 0.25) is 0 Å². The Labute approximate surface area is 252 Å². The maximum absolute atomic E-state index is 3.86. The van der Waals surface area contributed by atoms with Crippen molar-refractivity contribution in [1.82, 2.24) is 10.6 Å². The van der Waals surface area contributed by atoms with Crippen molar-refractivity contribution < 1.29 is 9.80 Å². The van der Waals surface area contributed by atoms with E-state index < -0.39 is 0 Å². The van der Waals surface area contributed by atoms with E-state index in [4.69, 9.17) is 0 Å². The fourth-order valence-corrected chi connectivity index (χ4v) is 7.19. The van der Waals surface area contributed by atoms with Crippen LogP contribution in [0.3, 0.4) is 0 Å². The van der Waals surface area contributed by atoms with E-state index in [1.165, 1.54) is 206 Å². The summed E-state index contributed by atoms with van der Waals surface area (Å²) in [6.07, 6.45) is 34.3. The number of hydrogen-bond acceptors (Lipinski definition) is 2. The predicted molar refractivity (Wildman–Crippen MR) is 177 cm³/mol. The summed E-state index contributed by atoms with van der Waals surface area (Å²) in [7, 11) is 0. The molecule has 4 heteroatoms. The fourth-order valence-electron chi connectivity index (χ4n) is 7.19. The summed E-state index contributed by atoms with van der Waals surface area (Å²) in [5.41, 5.74) is 0. The number of rotatable bonds is 27. The van der Waals surface area contributed by atoms with Gasteiger partial charge in [0.05, 0.1) is 39.3 Å². The van der Waals surface area contributed by atoms with Crippen LogP contribution in [0.15, 0.2) is 0 Å². The van der Waals surface area contributed by atoms with E-state index in [0.29, 0.717) is 0 Å². The lowest BCUT2D eigenvalue weighted by molar-refractivity contribution is -0.905. The van der Waals surface area contributed by atoms with Crippen molar-refractivity contribution >= 4 is 0 Å². The second kappa shape index (κ2) is 26.5. The molecule has 0 bridgehead atoms. The van der Waals surface area contributed by atoms with Crippen LogP contribution in [0.25, 0.3) is 0 Å². The van der Waals surface area contributed by atoms with E-state index in [1.807, 2.05) is 9.80 Å². The van der Waals surface area contributed by atoms with Crippen LogP contribution >= 0.6 is 0 Å². The molecule has 0 amide bonds. The Kier molecular flexibility index (Phi) is 23.8. The number of nitrogens with one attached hydrogen (secondary N) is 4. The summed E-state index contributed by atoms with van der Waals surface area (Å²) in [6.45, 7) is 15.6. The summed E-state index contributed by atoms with van der Waals surface area (Å²) >= 11 is 0. The molecule has 0 aromatic rings. The topological polar surface area (TPSA) is 32.9 Å². The molecule has 0 unspecified atom stereocenters. The first kappa shape index (κ1) is 36.0. The van der Waals surface area contributed by atoms with Crippen LogP contribution in [0, 0.1) is 0 Å². The predicted octanol–water partition coefficient (Wildman–Crippen LogP) is 6.10. The Hall–Kier alpha value is -0.160. The smallest absolute Gasteiger partial charge is 0.0786 e. The van der Waals surface area contributed by atoms with Gasteiger partial charge in [-0.05, 0) is 51.6 Å². The Morgan fingerprint density at radius 3 is 1.05 bits per heavy atom. The number of piperidine rings is 2. The van der Waals surface area contributed by atoms with Gasteiger partial charge >= 0.3 is 0 Å². The largest absolute Gasteiger partial charge is 0.335 e. The van der Waals surface area contributed by atoms with E-state index in [2.05, 4.69) is 24.5 Å². The molecular weight excluding hydrogens is 488 g/mol. The van der Waals surface area contributed by atoms with Crippen molar-refractivity contribution in [2.24, 2.45) is 0 Å². The molecule has 0 spiro atoms. The molecule has 40 heavy (non-hydrogen) atoms. The third-order valence-electron chi connectivity index (χ3n) is 10.1. The maximum atomic E-state index is 3.86. The Morgan fingerprint density at radius 1 is 0.400 bits per heavy atom. The number of likely N-dealkylation sites (tertiary alicyclic amines) is 2. The molecule has 0 aromatic carbocycles. The quantitative estimate of drug-likeness (QED) is 0.0909. The molecule has 238 valence electrons. The highest BCUT2D eigenvalue weighted by molar-refractivity contribution is 4.70. The first-order valence-corrected chi connectivity index (χ1v) is 19.0. The first-order chi connectivity index (χ1) is 19.8. The molecule has 2 aliphatic heterocycles. The van der Waals surface area contributed by atoms with E-state index in [9.17, 15) is 0 Å². The molecular formula is C36H76N4+2. The number of quaternary nitrogens is 2. The normalized spacial score (nSPS) is 23.6. The Bertz CT molecular complexity index is 465. The molecule has 0 aliphatic carbocycles. The monoisotopic (exact) mass is 565 g/mol. The zero-order valence-electron chi connectivity index (χ0n) is 27.8. The minimum absolute atomic E-state index is 0.810. The van der Waals surface area contributed by atoms with Gasteiger partial charge in [0, 0.05) is 37.8 Å². The third kappa shape index (κ3) is 19.9. The molecule has 0 atom stereocenters. The highest BCUT2D eigenvalue weighted by Gasteiger charge is 2.22. The zero-order chi connectivity index (χ0) is 28.4. The lowest BCUT2D eigenvalue weighted by Gasteiger charge is -2.30. The average Bonchev–Trinajstić information content (AvgIpc) is 2.98. The lowest BCUT2D eigenvalue weighted by atomic mass is 10.0. The van der Waals surface area contributed by atoms with Gasteiger partial charge in [0.1, 0.15) is 0 Å². The van der Waals surface area contributed by atoms with Crippen molar-refractivity contribution in [1.29, 1.82) is 0 Å². The van der Waals surface area contributed by atoms with Gasteiger partial charge in [-0.2, -0.15) is 0 Å². The Morgan fingerprint density at radius 2 is 0.700 bits per heavy atom. The number of hydrogen-bond donors (Lipinski definition) is 4. The third-order valence-corrected chi connectivity index (χ3v) is 10.1. The van der Waals surface area contributed by atoms with Crippen LogP contribution in [0.2, 0.25) is 0 Å². The summed E-state index contributed by atoms with van der Waals surface area (Å²) in [5.74, 6) is 0. The van der Waals surface area contributed by atoms with Gasteiger partial charge in [-0.15, -0.1) is 0 Å². The van der Waals surface area contributed by atoms with Gasteiger partial charge in [0.25, 0.3) is 0 Å². The molecule has 2 aliphatic rings. The molecule has 2 rings (SSSR count). The maximum Gasteiger partial charge on any atom is 0.0786 e. The zero-order valence-corrected chi connectivity index (χ0v) is 27.8. The Balaban J connectivity index is 1.27. The summed E-state index contributed by atoms with van der Waals surface area (Å²) in [4.78, 5) is 3.77. The molecule has 4 nitrogen and oxygen atoms in total. The minimum atomic E-state index is 0.810.